The van der Waals surface area contributed by atoms with Gasteiger partial charge in [-0.25, -0.2) is 4.57 Å². The number of hydrogen-bond donors (Lipinski definition) is 0. The van der Waals surface area contributed by atoms with E-state index in [1.54, 1.807) is 0 Å². The lowest BCUT2D eigenvalue weighted by Gasteiger charge is -2.02. The van der Waals surface area contributed by atoms with Gasteiger partial charge in [0.25, 0.3) is 0 Å². The molecule has 0 saturated carbocycles. The average Bonchev–Trinajstić information content (AvgIpc) is 2.48. The maximum atomic E-state index is 2.34. The van der Waals surface area contributed by atoms with E-state index in [1.165, 1.54) is 88.3 Å². The molecule has 1 rings (SSSR count). The van der Waals surface area contributed by atoms with Crippen molar-refractivity contribution in [3.8, 4) is 0 Å². The van der Waals surface area contributed by atoms with Crippen LogP contribution < -0.4 is 4.57 Å². The molecule has 0 aliphatic heterocycles. The van der Waals surface area contributed by atoms with Gasteiger partial charge in [0.15, 0.2) is 12.4 Å². The Morgan fingerprint density at radius 2 is 1.24 bits per heavy atom. The molecule has 120 valence electrons. The summed E-state index contributed by atoms with van der Waals surface area (Å²) in [5, 5.41) is 0. The first-order valence-electron chi connectivity index (χ1n) is 9.20. The molecule has 0 aliphatic carbocycles. The monoisotopic (exact) mass is 290 g/mol. The van der Waals surface area contributed by atoms with Gasteiger partial charge in [0.2, 0.25) is 0 Å². The highest BCUT2D eigenvalue weighted by atomic mass is 14.9. The zero-order valence-corrected chi connectivity index (χ0v) is 14.7. The van der Waals surface area contributed by atoms with Crippen LogP contribution in [0.5, 0.6) is 0 Å². The van der Waals surface area contributed by atoms with Gasteiger partial charge in [-0.3, -0.25) is 0 Å². The summed E-state index contributed by atoms with van der Waals surface area (Å²) >= 11 is 0. The van der Waals surface area contributed by atoms with Crippen molar-refractivity contribution in [2.24, 2.45) is 0 Å². The van der Waals surface area contributed by atoms with E-state index >= 15 is 0 Å². The maximum absolute atomic E-state index is 2.34. The molecule has 0 bridgehead atoms. The second-order valence-electron chi connectivity index (χ2n) is 6.58. The van der Waals surface area contributed by atoms with Crippen LogP contribution in [0, 0.1) is 13.8 Å². The van der Waals surface area contributed by atoms with Gasteiger partial charge in [0, 0.05) is 18.1 Å². The zero-order chi connectivity index (χ0) is 15.3. The quantitative estimate of drug-likeness (QED) is 0.333. The van der Waals surface area contributed by atoms with Gasteiger partial charge >= 0.3 is 0 Å². The second kappa shape index (κ2) is 11.8. The number of unbranched alkanes of at least 4 members (excludes halogenated alkanes) is 10. The van der Waals surface area contributed by atoms with Crippen molar-refractivity contribution in [3.63, 3.8) is 0 Å². The normalized spacial score (nSPS) is 11.0. The van der Waals surface area contributed by atoms with Crippen LogP contribution in [-0.4, -0.2) is 0 Å². The molecule has 21 heavy (non-hydrogen) atoms. The molecule has 0 fully saturated rings. The van der Waals surface area contributed by atoms with E-state index in [0.717, 1.165) is 0 Å². The van der Waals surface area contributed by atoms with Crippen LogP contribution in [0.1, 0.15) is 88.7 Å². The van der Waals surface area contributed by atoms with Crippen LogP contribution in [0.4, 0.5) is 0 Å². The van der Waals surface area contributed by atoms with Crippen LogP contribution in [0.25, 0.3) is 0 Å². The fourth-order valence-corrected chi connectivity index (χ4v) is 2.83. The molecule has 1 nitrogen and oxygen atoms in total. The lowest BCUT2D eigenvalue weighted by Crippen LogP contribution is -2.33. The Kier molecular flexibility index (Phi) is 10.2. The molecule has 1 heterocycles. The van der Waals surface area contributed by atoms with Crippen molar-refractivity contribution in [2.45, 2.75) is 97.9 Å². The molecule has 0 unspecified atom stereocenters. The number of aryl methyl sites for hydroxylation is 3. The number of pyridine rings is 1. The molecule has 0 saturated heterocycles. The minimum Gasteiger partial charge on any atom is -0.205 e. The van der Waals surface area contributed by atoms with Gasteiger partial charge in [-0.15, -0.1) is 0 Å². The van der Waals surface area contributed by atoms with Crippen molar-refractivity contribution in [1.29, 1.82) is 0 Å². The summed E-state index contributed by atoms with van der Waals surface area (Å²) < 4.78 is 2.34. The Bertz CT molecular complexity index is 370. The summed E-state index contributed by atoms with van der Waals surface area (Å²) in [6, 6.07) is 2.23. The fraction of sp³-hybridized carbons (Fsp3) is 0.750. The SMILES string of the molecule is CCCCCCCCCCCCC[n+]1ccc(C)c(C)c1. The standard InChI is InChI=1S/C20H36N/c1-4-5-6-7-8-9-10-11-12-13-14-16-21-17-15-19(2)20(3)18-21/h15,17-18H,4-14,16H2,1-3H3/q+1. The Morgan fingerprint density at radius 1 is 0.714 bits per heavy atom. The van der Waals surface area contributed by atoms with Crippen molar-refractivity contribution >= 4 is 0 Å². The largest absolute Gasteiger partial charge is 0.205 e. The van der Waals surface area contributed by atoms with E-state index in [-0.39, 0.29) is 0 Å². The third-order valence-corrected chi connectivity index (χ3v) is 4.52. The van der Waals surface area contributed by atoms with Crippen LogP contribution in [0.3, 0.4) is 0 Å². The Morgan fingerprint density at radius 3 is 1.76 bits per heavy atom. The predicted octanol–water partition coefficient (Wildman–Crippen LogP) is 5.90. The second-order valence-corrected chi connectivity index (χ2v) is 6.58. The molecule has 0 aromatic carbocycles. The van der Waals surface area contributed by atoms with E-state index in [9.17, 15) is 0 Å². The summed E-state index contributed by atoms with van der Waals surface area (Å²) in [5.41, 5.74) is 2.80. The summed E-state index contributed by atoms with van der Waals surface area (Å²) in [6.07, 6.45) is 20.1. The fourth-order valence-electron chi connectivity index (χ4n) is 2.83. The van der Waals surface area contributed by atoms with Gasteiger partial charge in [-0.2, -0.15) is 0 Å². The van der Waals surface area contributed by atoms with Crippen LogP contribution >= 0.6 is 0 Å². The van der Waals surface area contributed by atoms with Gasteiger partial charge in [0.1, 0.15) is 6.54 Å². The van der Waals surface area contributed by atoms with Gasteiger partial charge in [-0.1, -0.05) is 64.7 Å². The molecule has 0 spiro atoms. The molecular formula is C20H36N+. The average molecular weight is 291 g/mol. The molecule has 0 atom stereocenters. The predicted molar refractivity (Wildman–Crippen MR) is 92.6 cm³/mol. The highest BCUT2D eigenvalue weighted by molar-refractivity contribution is 5.16. The molecule has 0 aliphatic rings. The topological polar surface area (TPSA) is 3.88 Å². The van der Waals surface area contributed by atoms with Crippen LogP contribution in [0.2, 0.25) is 0 Å². The number of hydrogen-bond acceptors (Lipinski definition) is 0. The molecule has 1 aromatic rings. The highest BCUT2D eigenvalue weighted by Gasteiger charge is 2.02. The van der Waals surface area contributed by atoms with Crippen molar-refractivity contribution < 1.29 is 4.57 Å². The summed E-state index contributed by atoms with van der Waals surface area (Å²) in [5.74, 6) is 0. The number of rotatable bonds is 12. The van der Waals surface area contributed by atoms with E-state index < -0.39 is 0 Å². The van der Waals surface area contributed by atoms with Crippen molar-refractivity contribution in [1.82, 2.24) is 0 Å². The number of aromatic nitrogens is 1. The molecule has 0 radical (unpaired) electrons. The maximum Gasteiger partial charge on any atom is 0.171 e. The van der Waals surface area contributed by atoms with Gasteiger partial charge < -0.3 is 0 Å². The first-order chi connectivity index (χ1) is 10.2. The molecule has 1 heteroatoms. The van der Waals surface area contributed by atoms with Crippen LogP contribution in [-0.2, 0) is 6.54 Å². The highest BCUT2D eigenvalue weighted by Crippen LogP contribution is 2.11. The minimum absolute atomic E-state index is 1.18. The molecule has 0 N–H and O–H groups in total. The lowest BCUT2D eigenvalue weighted by atomic mass is 10.1. The first-order valence-corrected chi connectivity index (χ1v) is 9.20. The molecular weight excluding hydrogens is 254 g/mol. The third-order valence-electron chi connectivity index (χ3n) is 4.52. The van der Waals surface area contributed by atoms with Crippen molar-refractivity contribution in [3.05, 3.63) is 29.6 Å². The van der Waals surface area contributed by atoms with Gasteiger partial charge in [-0.05, 0) is 25.8 Å². The molecule has 0 amide bonds. The van der Waals surface area contributed by atoms with Crippen LogP contribution in [0.15, 0.2) is 18.5 Å². The minimum atomic E-state index is 1.18. The zero-order valence-electron chi connectivity index (χ0n) is 14.7. The summed E-state index contributed by atoms with van der Waals surface area (Å²) in [6.45, 7) is 7.85. The Labute approximate surface area is 132 Å². The van der Waals surface area contributed by atoms with Crippen molar-refractivity contribution in [2.75, 3.05) is 0 Å². The van der Waals surface area contributed by atoms with Gasteiger partial charge in [0.05, 0.1) is 0 Å². The number of nitrogens with zero attached hydrogens (tertiary/aromatic N) is 1. The van der Waals surface area contributed by atoms with E-state index in [2.05, 4.69) is 43.8 Å². The molecule has 1 aromatic heterocycles. The summed E-state index contributed by atoms with van der Waals surface area (Å²) in [4.78, 5) is 0. The first kappa shape index (κ1) is 18.2. The Balaban J connectivity index is 1.91. The smallest absolute Gasteiger partial charge is 0.171 e. The van der Waals surface area contributed by atoms with E-state index in [1.807, 2.05) is 0 Å². The Hall–Kier alpha value is -0.850. The summed E-state index contributed by atoms with van der Waals surface area (Å²) in [7, 11) is 0. The van der Waals surface area contributed by atoms with E-state index in [4.69, 9.17) is 0 Å². The lowest BCUT2D eigenvalue weighted by molar-refractivity contribution is -0.697. The van der Waals surface area contributed by atoms with E-state index in [0.29, 0.717) is 0 Å². The third kappa shape index (κ3) is 8.90.